The molecule has 2 aromatic rings. The maximum Gasteiger partial charge on any atom is 0.344 e. The first-order valence-corrected chi connectivity index (χ1v) is 8.80. The molecular weight excluding hydrogens is 346 g/mol. The Hall–Kier alpha value is -3.06. The Morgan fingerprint density at radius 2 is 2.07 bits per heavy atom. The van der Waals surface area contributed by atoms with Crippen LogP contribution in [0.15, 0.2) is 47.5 Å². The number of methoxy groups -OCH3 is 1. The van der Waals surface area contributed by atoms with E-state index in [-0.39, 0.29) is 16.8 Å². The summed E-state index contributed by atoms with van der Waals surface area (Å²) in [5, 5.41) is 14.8. The van der Waals surface area contributed by atoms with Crippen LogP contribution in [0.1, 0.15) is 40.2 Å². The van der Waals surface area contributed by atoms with Gasteiger partial charge in [-0.25, -0.2) is 4.79 Å². The SMILES string of the molecule is COC(=O)c1cccc(C=Nc2ccc(C3CCCNC3)cc2)c1[N+](=O)[O-]. The van der Waals surface area contributed by atoms with Gasteiger partial charge in [0.25, 0.3) is 5.69 Å². The number of nitrogens with zero attached hydrogens (tertiary/aromatic N) is 2. The highest BCUT2D eigenvalue weighted by Crippen LogP contribution is 2.26. The molecule has 140 valence electrons. The topological polar surface area (TPSA) is 93.8 Å². The van der Waals surface area contributed by atoms with Gasteiger partial charge in [0.2, 0.25) is 0 Å². The average Bonchev–Trinajstić information content (AvgIpc) is 2.72. The van der Waals surface area contributed by atoms with E-state index < -0.39 is 10.9 Å². The predicted octanol–water partition coefficient (Wildman–Crippen LogP) is 3.60. The number of nitrogens with one attached hydrogen (secondary N) is 1. The standard InChI is InChI=1S/C20H21N3O4/c1-27-20(24)18-6-2-4-16(19(18)23(25)26)13-22-17-9-7-14(8-10-17)15-5-3-11-21-12-15/h2,4,6-10,13,15,21H,3,5,11-12H2,1H3. The summed E-state index contributed by atoms with van der Waals surface area (Å²) in [6.45, 7) is 2.05. The number of ether oxygens (including phenoxy) is 1. The second-order valence-corrected chi connectivity index (χ2v) is 6.39. The van der Waals surface area contributed by atoms with Gasteiger partial charge in [-0.3, -0.25) is 15.1 Å². The molecule has 0 amide bonds. The van der Waals surface area contributed by atoms with E-state index in [1.54, 1.807) is 12.1 Å². The smallest absolute Gasteiger partial charge is 0.344 e. The molecule has 1 fully saturated rings. The molecular formula is C20H21N3O4. The van der Waals surface area contributed by atoms with Crippen molar-refractivity contribution in [3.63, 3.8) is 0 Å². The number of carbonyl (C=O) groups excluding carboxylic acids is 1. The Morgan fingerprint density at radius 3 is 2.70 bits per heavy atom. The van der Waals surface area contributed by atoms with Gasteiger partial charge >= 0.3 is 5.97 Å². The van der Waals surface area contributed by atoms with E-state index in [1.165, 1.54) is 37.8 Å². The van der Waals surface area contributed by atoms with Crippen molar-refractivity contribution in [2.75, 3.05) is 20.2 Å². The Morgan fingerprint density at radius 1 is 1.30 bits per heavy atom. The molecule has 1 aliphatic heterocycles. The number of aliphatic imine (C=N–C) groups is 1. The van der Waals surface area contributed by atoms with Crippen LogP contribution in [0.25, 0.3) is 0 Å². The quantitative estimate of drug-likeness (QED) is 0.377. The van der Waals surface area contributed by atoms with Gasteiger partial charge in [-0.05, 0) is 55.1 Å². The van der Waals surface area contributed by atoms with Crippen LogP contribution >= 0.6 is 0 Å². The van der Waals surface area contributed by atoms with Gasteiger partial charge in [-0.15, -0.1) is 0 Å². The molecule has 1 aliphatic rings. The number of nitro benzene ring substituents is 1. The van der Waals surface area contributed by atoms with Crippen molar-refractivity contribution < 1.29 is 14.5 Å². The molecule has 1 heterocycles. The summed E-state index contributed by atoms with van der Waals surface area (Å²) in [4.78, 5) is 26.9. The summed E-state index contributed by atoms with van der Waals surface area (Å²) in [6, 6.07) is 12.4. The molecule has 7 nitrogen and oxygen atoms in total. The zero-order chi connectivity index (χ0) is 19.2. The Bertz CT molecular complexity index is 856. The van der Waals surface area contributed by atoms with Gasteiger partial charge in [0.05, 0.1) is 23.3 Å². The van der Waals surface area contributed by atoms with Gasteiger partial charge in [0, 0.05) is 12.8 Å². The first-order chi connectivity index (χ1) is 13.1. The first-order valence-electron chi connectivity index (χ1n) is 8.80. The zero-order valence-electron chi connectivity index (χ0n) is 15.1. The third-order valence-electron chi connectivity index (χ3n) is 4.67. The predicted molar refractivity (Wildman–Crippen MR) is 103 cm³/mol. The van der Waals surface area contributed by atoms with Crippen molar-refractivity contribution in [3.05, 3.63) is 69.3 Å². The molecule has 0 bridgehead atoms. The molecule has 3 rings (SSSR count). The molecule has 0 radical (unpaired) electrons. The lowest BCUT2D eigenvalue weighted by Gasteiger charge is -2.23. The largest absolute Gasteiger partial charge is 0.465 e. The fourth-order valence-corrected chi connectivity index (χ4v) is 3.26. The summed E-state index contributed by atoms with van der Waals surface area (Å²) in [6.07, 6.45) is 3.74. The number of rotatable bonds is 5. The molecule has 27 heavy (non-hydrogen) atoms. The Balaban J connectivity index is 1.83. The van der Waals surface area contributed by atoms with Crippen molar-refractivity contribution in [1.29, 1.82) is 0 Å². The molecule has 1 N–H and O–H groups in total. The van der Waals surface area contributed by atoms with E-state index in [0.29, 0.717) is 11.6 Å². The molecule has 1 atom stereocenters. The van der Waals surface area contributed by atoms with Crippen molar-refractivity contribution >= 4 is 23.6 Å². The zero-order valence-corrected chi connectivity index (χ0v) is 15.1. The van der Waals surface area contributed by atoms with E-state index in [0.717, 1.165) is 13.1 Å². The number of benzene rings is 2. The number of esters is 1. The Kier molecular flexibility index (Phi) is 5.93. The minimum absolute atomic E-state index is 0.0911. The normalized spacial score (nSPS) is 17.0. The van der Waals surface area contributed by atoms with Crippen LogP contribution in [0, 0.1) is 10.1 Å². The summed E-state index contributed by atoms with van der Waals surface area (Å²) >= 11 is 0. The van der Waals surface area contributed by atoms with Gasteiger partial charge in [0.15, 0.2) is 0 Å². The highest BCUT2D eigenvalue weighted by atomic mass is 16.6. The summed E-state index contributed by atoms with van der Waals surface area (Å²) in [7, 11) is 1.19. The summed E-state index contributed by atoms with van der Waals surface area (Å²) < 4.78 is 4.62. The molecule has 1 saturated heterocycles. The van der Waals surface area contributed by atoms with Gasteiger partial charge < -0.3 is 10.1 Å². The summed E-state index contributed by atoms with van der Waals surface area (Å²) in [5.41, 5.74) is 1.81. The number of hydrogen-bond donors (Lipinski definition) is 1. The van der Waals surface area contributed by atoms with E-state index >= 15 is 0 Å². The molecule has 1 unspecified atom stereocenters. The van der Waals surface area contributed by atoms with Crippen LogP contribution < -0.4 is 5.32 Å². The lowest BCUT2D eigenvalue weighted by atomic mass is 9.92. The van der Waals surface area contributed by atoms with Crippen molar-refractivity contribution in [2.24, 2.45) is 4.99 Å². The third kappa shape index (κ3) is 4.38. The van der Waals surface area contributed by atoms with Crippen LogP contribution in [0.2, 0.25) is 0 Å². The van der Waals surface area contributed by atoms with Crippen molar-refractivity contribution in [3.8, 4) is 0 Å². The lowest BCUT2D eigenvalue weighted by molar-refractivity contribution is -0.385. The lowest BCUT2D eigenvalue weighted by Crippen LogP contribution is -2.28. The van der Waals surface area contributed by atoms with Crippen LogP contribution in [-0.4, -0.2) is 37.3 Å². The maximum absolute atomic E-state index is 11.8. The highest BCUT2D eigenvalue weighted by Gasteiger charge is 2.24. The second-order valence-electron chi connectivity index (χ2n) is 6.39. The number of carbonyl (C=O) groups is 1. The van der Waals surface area contributed by atoms with E-state index in [4.69, 9.17) is 0 Å². The monoisotopic (exact) mass is 367 g/mol. The van der Waals surface area contributed by atoms with E-state index in [1.807, 2.05) is 24.3 Å². The Labute approximate surface area is 157 Å². The van der Waals surface area contributed by atoms with Crippen LogP contribution in [0.5, 0.6) is 0 Å². The number of piperidine rings is 1. The minimum atomic E-state index is -0.748. The average molecular weight is 367 g/mol. The fraction of sp³-hybridized carbons (Fsp3) is 0.300. The van der Waals surface area contributed by atoms with Gasteiger partial charge in [-0.2, -0.15) is 0 Å². The maximum atomic E-state index is 11.8. The first kappa shape index (κ1) is 18.7. The van der Waals surface area contributed by atoms with Crippen molar-refractivity contribution in [1.82, 2.24) is 5.32 Å². The van der Waals surface area contributed by atoms with E-state index in [9.17, 15) is 14.9 Å². The van der Waals surface area contributed by atoms with Crippen LogP contribution in [-0.2, 0) is 4.74 Å². The molecule has 0 saturated carbocycles. The number of nitro groups is 1. The number of para-hydroxylation sites is 1. The van der Waals surface area contributed by atoms with Crippen LogP contribution in [0.4, 0.5) is 11.4 Å². The molecule has 0 aliphatic carbocycles. The second kappa shape index (κ2) is 8.55. The van der Waals surface area contributed by atoms with Crippen molar-refractivity contribution in [2.45, 2.75) is 18.8 Å². The fourth-order valence-electron chi connectivity index (χ4n) is 3.26. The minimum Gasteiger partial charge on any atom is -0.465 e. The molecule has 2 aromatic carbocycles. The molecule has 0 aromatic heterocycles. The molecule has 7 heteroatoms. The van der Waals surface area contributed by atoms with Gasteiger partial charge in [0.1, 0.15) is 5.56 Å². The van der Waals surface area contributed by atoms with Crippen LogP contribution in [0.3, 0.4) is 0 Å². The highest BCUT2D eigenvalue weighted by molar-refractivity contribution is 5.99. The third-order valence-corrected chi connectivity index (χ3v) is 4.67. The number of hydrogen-bond acceptors (Lipinski definition) is 6. The van der Waals surface area contributed by atoms with E-state index in [2.05, 4.69) is 15.0 Å². The van der Waals surface area contributed by atoms with Gasteiger partial charge in [-0.1, -0.05) is 18.2 Å². The molecule has 0 spiro atoms. The summed E-state index contributed by atoms with van der Waals surface area (Å²) in [5.74, 6) is -0.239.